The molecule has 2 heterocycles. The Morgan fingerprint density at radius 1 is 1.33 bits per heavy atom. The number of rotatable bonds is 5. The molecule has 1 unspecified atom stereocenters. The third kappa shape index (κ3) is 3.34. The van der Waals surface area contributed by atoms with Crippen LogP contribution in [0, 0.1) is 6.92 Å². The van der Waals surface area contributed by atoms with Crippen molar-refractivity contribution in [1.82, 2.24) is 24.6 Å². The second kappa shape index (κ2) is 6.66. The van der Waals surface area contributed by atoms with Crippen LogP contribution in [0.1, 0.15) is 12.6 Å². The quantitative estimate of drug-likeness (QED) is 0.762. The van der Waals surface area contributed by atoms with Crippen molar-refractivity contribution in [1.29, 1.82) is 0 Å². The maximum absolute atomic E-state index is 12.4. The molecule has 3 rings (SSSR count). The van der Waals surface area contributed by atoms with E-state index in [2.05, 4.69) is 15.4 Å². The molecule has 24 heavy (non-hydrogen) atoms. The van der Waals surface area contributed by atoms with Gasteiger partial charge in [-0.1, -0.05) is 12.1 Å². The van der Waals surface area contributed by atoms with Gasteiger partial charge in [-0.05, 0) is 26.0 Å². The number of nitrogens with zero attached hydrogens (tertiary/aromatic N) is 4. The van der Waals surface area contributed by atoms with Gasteiger partial charge in [0.25, 0.3) is 0 Å². The van der Waals surface area contributed by atoms with Gasteiger partial charge >= 0.3 is 0 Å². The number of pyridine rings is 1. The van der Waals surface area contributed by atoms with Crippen LogP contribution >= 0.6 is 0 Å². The first-order valence-electron chi connectivity index (χ1n) is 7.75. The lowest BCUT2D eigenvalue weighted by Gasteiger charge is -2.17. The van der Waals surface area contributed by atoms with Crippen LogP contribution in [0.2, 0.25) is 0 Å². The lowest BCUT2D eigenvalue weighted by atomic mass is 10.2. The predicted octanol–water partition coefficient (Wildman–Crippen LogP) is 1.11. The second-order valence-corrected chi connectivity index (χ2v) is 5.84. The van der Waals surface area contributed by atoms with Crippen molar-refractivity contribution in [2.45, 2.75) is 33.0 Å². The first-order valence-corrected chi connectivity index (χ1v) is 7.75. The van der Waals surface area contributed by atoms with Crippen LogP contribution in [0.5, 0.6) is 0 Å². The van der Waals surface area contributed by atoms with E-state index in [1.54, 1.807) is 23.1 Å². The highest BCUT2D eigenvalue weighted by Gasteiger charge is 2.12. The maximum atomic E-state index is 12.4. The molecule has 7 nitrogen and oxygen atoms in total. The molecule has 0 saturated carbocycles. The van der Waals surface area contributed by atoms with E-state index in [0.29, 0.717) is 11.9 Å². The van der Waals surface area contributed by atoms with E-state index in [0.717, 1.165) is 11.2 Å². The molecule has 7 heteroatoms. The van der Waals surface area contributed by atoms with Gasteiger partial charge < -0.3 is 9.88 Å². The van der Waals surface area contributed by atoms with E-state index in [4.69, 9.17) is 0 Å². The number of carbonyl (C=O) groups excluding carboxylic acids is 1. The molecule has 0 aliphatic heterocycles. The van der Waals surface area contributed by atoms with Crippen molar-refractivity contribution in [3.05, 3.63) is 58.9 Å². The van der Waals surface area contributed by atoms with Crippen molar-refractivity contribution >= 4 is 16.8 Å². The molecule has 1 amide bonds. The Bertz CT molecular complexity index is 914. The number of carbonyl (C=O) groups is 1. The maximum Gasteiger partial charge on any atom is 0.240 e. The minimum absolute atomic E-state index is 0.0284. The van der Waals surface area contributed by atoms with Gasteiger partial charge in [0.1, 0.15) is 19.2 Å². The second-order valence-electron chi connectivity index (χ2n) is 5.84. The SMILES string of the molecule is Cc1cc(=O)c2ccccc2n1CC(=O)NC(C)Cn1cncn1. The molecule has 1 N–H and O–H groups in total. The summed E-state index contributed by atoms with van der Waals surface area (Å²) in [5.74, 6) is -0.112. The molecule has 2 aromatic heterocycles. The van der Waals surface area contributed by atoms with E-state index in [1.807, 2.05) is 36.6 Å². The zero-order valence-corrected chi connectivity index (χ0v) is 13.6. The topological polar surface area (TPSA) is 81.8 Å². The summed E-state index contributed by atoms with van der Waals surface area (Å²) in [6, 6.07) is 8.81. The Morgan fingerprint density at radius 2 is 2.12 bits per heavy atom. The molecule has 0 bridgehead atoms. The van der Waals surface area contributed by atoms with Gasteiger partial charge in [-0.25, -0.2) is 4.98 Å². The summed E-state index contributed by atoms with van der Waals surface area (Å²) >= 11 is 0. The van der Waals surface area contributed by atoms with Gasteiger partial charge in [0.2, 0.25) is 5.91 Å². The summed E-state index contributed by atoms with van der Waals surface area (Å²) in [4.78, 5) is 28.3. The Morgan fingerprint density at radius 3 is 2.88 bits per heavy atom. The van der Waals surface area contributed by atoms with Crippen LogP contribution in [0.25, 0.3) is 10.9 Å². The van der Waals surface area contributed by atoms with Crippen molar-refractivity contribution in [3.8, 4) is 0 Å². The van der Waals surface area contributed by atoms with Gasteiger partial charge in [-0.15, -0.1) is 0 Å². The fourth-order valence-electron chi connectivity index (χ4n) is 2.78. The zero-order valence-electron chi connectivity index (χ0n) is 13.6. The molecule has 0 saturated heterocycles. The van der Waals surface area contributed by atoms with Crippen LogP contribution < -0.4 is 10.7 Å². The largest absolute Gasteiger partial charge is 0.350 e. The molecule has 0 radical (unpaired) electrons. The highest BCUT2D eigenvalue weighted by molar-refractivity contribution is 5.82. The number of para-hydroxylation sites is 1. The van der Waals surface area contributed by atoms with Crippen molar-refractivity contribution in [2.75, 3.05) is 0 Å². The summed E-state index contributed by atoms with van der Waals surface area (Å²) in [5.41, 5.74) is 1.50. The highest BCUT2D eigenvalue weighted by Crippen LogP contribution is 2.12. The Kier molecular flexibility index (Phi) is 4.41. The van der Waals surface area contributed by atoms with Crippen LogP contribution in [0.4, 0.5) is 0 Å². The minimum Gasteiger partial charge on any atom is -0.350 e. The number of hydrogen-bond donors (Lipinski definition) is 1. The van der Waals surface area contributed by atoms with E-state index < -0.39 is 0 Å². The van der Waals surface area contributed by atoms with E-state index in [9.17, 15) is 9.59 Å². The molecular weight excluding hydrogens is 306 g/mol. The number of aryl methyl sites for hydroxylation is 1. The van der Waals surface area contributed by atoms with Crippen LogP contribution in [0.15, 0.2) is 47.8 Å². The third-order valence-corrected chi connectivity index (χ3v) is 3.86. The summed E-state index contributed by atoms with van der Waals surface area (Å²) < 4.78 is 3.53. The summed E-state index contributed by atoms with van der Waals surface area (Å²) in [6.07, 6.45) is 3.08. The molecule has 0 fully saturated rings. The normalized spacial score (nSPS) is 12.2. The fraction of sp³-hybridized carbons (Fsp3) is 0.294. The standard InChI is InChI=1S/C17H19N5O2/c1-12(8-21-11-18-10-19-21)20-17(24)9-22-13(2)7-16(23)14-5-3-4-6-15(14)22/h3-7,10-12H,8-9H2,1-2H3,(H,20,24). The molecule has 0 aliphatic carbocycles. The minimum atomic E-state index is -0.112. The Labute approximate surface area is 138 Å². The van der Waals surface area contributed by atoms with E-state index >= 15 is 0 Å². The molecule has 0 spiro atoms. The Balaban J connectivity index is 1.77. The number of benzene rings is 1. The van der Waals surface area contributed by atoms with Gasteiger partial charge in [0.15, 0.2) is 5.43 Å². The van der Waals surface area contributed by atoms with Gasteiger partial charge in [-0.2, -0.15) is 5.10 Å². The van der Waals surface area contributed by atoms with Crippen LogP contribution in [-0.4, -0.2) is 31.3 Å². The van der Waals surface area contributed by atoms with E-state index in [-0.39, 0.29) is 23.9 Å². The number of aromatic nitrogens is 4. The first kappa shape index (κ1) is 15.9. The number of hydrogen-bond acceptors (Lipinski definition) is 4. The number of amides is 1. The number of nitrogens with one attached hydrogen (secondary N) is 1. The zero-order chi connectivity index (χ0) is 17.1. The molecule has 0 aliphatic rings. The fourth-order valence-corrected chi connectivity index (χ4v) is 2.78. The lowest BCUT2D eigenvalue weighted by Crippen LogP contribution is -2.38. The Hall–Kier alpha value is -2.96. The average Bonchev–Trinajstić information content (AvgIpc) is 3.04. The van der Waals surface area contributed by atoms with Gasteiger partial charge in [0, 0.05) is 23.2 Å². The monoisotopic (exact) mass is 325 g/mol. The highest BCUT2D eigenvalue weighted by atomic mass is 16.2. The molecule has 1 atom stereocenters. The molecule has 3 aromatic rings. The van der Waals surface area contributed by atoms with Crippen LogP contribution in [-0.2, 0) is 17.9 Å². The van der Waals surface area contributed by atoms with Crippen molar-refractivity contribution in [2.24, 2.45) is 0 Å². The molecule has 1 aromatic carbocycles. The molecule has 124 valence electrons. The average molecular weight is 325 g/mol. The summed E-state index contributed by atoms with van der Waals surface area (Å²) in [7, 11) is 0. The van der Waals surface area contributed by atoms with Crippen molar-refractivity contribution < 1.29 is 4.79 Å². The third-order valence-electron chi connectivity index (χ3n) is 3.86. The summed E-state index contributed by atoms with van der Waals surface area (Å²) in [5, 5.41) is 7.59. The van der Waals surface area contributed by atoms with Crippen molar-refractivity contribution in [3.63, 3.8) is 0 Å². The van der Waals surface area contributed by atoms with Gasteiger partial charge in [0.05, 0.1) is 12.1 Å². The summed E-state index contributed by atoms with van der Waals surface area (Å²) in [6.45, 7) is 4.46. The first-order chi connectivity index (χ1) is 11.5. The smallest absolute Gasteiger partial charge is 0.240 e. The predicted molar refractivity (Wildman–Crippen MR) is 90.6 cm³/mol. The number of fused-ring (bicyclic) bond motifs is 1. The molecular formula is C17H19N5O2. The van der Waals surface area contributed by atoms with E-state index in [1.165, 1.54) is 6.33 Å². The van der Waals surface area contributed by atoms with Crippen LogP contribution in [0.3, 0.4) is 0 Å². The van der Waals surface area contributed by atoms with Gasteiger partial charge in [-0.3, -0.25) is 14.3 Å². The lowest BCUT2D eigenvalue weighted by molar-refractivity contribution is -0.122.